The van der Waals surface area contributed by atoms with Crippen molar-refractivity contribution in [2.75, 3.05) is 6.54 Å². The van der Waals surface area contributed by atoms with Crippen LogP contribution in [0.4, 0.5) is 4.39 Å². The minimum absolute atomic E-state index is 0.116. The molecule has 1 aliphatic carbocycles. The van der Waals surface area contributed by atoms with Crippen molar-refractivity contribution in [1.29, 1.82) is 0 Å². The van der Waals surface area contributed by atoms with Crippen molar-refractivity contribution < 1.29 is 9.18 Å². The molecule has 1 N–H and O–H groups in total. The molecule has 1 amide bonds. The number of amides is 1. The molecule has 0 radical (unpaired) electrons. The van der Waals surface area contributed by atoms with E-state index < -0.39 is 0 Å². The highest BCUT2D eigenvalue weighted by Crippen LogP contribution is 2.35. The van der Waals surface area contributed by atoms with Gasteiger partial charge in [0, 0.05) is 12.1 Å². The Hall–Kier alpha value is -2.16. The first-order chi connectivity index (χ1) is 11.2. The smallest absolute Gasteiger partial charge is 0.251 e. The van der Waals surface area contributed by atoms with Crippen molar-refractivity contribution in [3.8, 4) is 0 Å². The van der Waals surface area contributed by atoms with E-state index in [0.717, 1.165) is 12.8 Å². The molecule has 1 aliphatic rings. The molecule has 3 rings (SSSR count). The van der Waals surface area contributed by atoms with Gasteiger partial charge in [0.05, 0.1) is 0 Å². The van der Waals surface area contributed by atoms with Gasteiger partial charge in [0.15, 0.2) is 0 Å². The molecule has 0 aliphatic heterocycles. The van der Waals surface area contributed by atoms with Crippen molar-refractivity contribution >= 4 is 5.91 Å². The second-order valence-electron chi connectivity index (χ2n) is 6.35. The standard InChI is InChI=1S/C20H22FNO/c21-19-12-10-18(11-13-19)20(23)22-14-15-6-8-17(9-7-15)16-4-2-1-3-5-16/h1-5,10-13,15,17H,6-9,14H2,(H,22,23). The van der Waals surface area contributed by atoms with Crippen molar-refractivity contribution in [3.05, 3.63) is 71.5 Å². The highest BCUT2D eigenvalue weighted by molar-refractivity contribution is 5.94. The molecule has 2 aromatic carbocycles. The van der Waals surface area contributed by atoms with Crippen molar-refractivity contribution in [3.63, 3.8) is 0 Å². The molecular formula is C20H22FNO. The van der Waals surface area contributed by atoms with Crippen LogP contribution in [0.3, 0.4) is 0 Å². The Labute approximate surface area is 136 Å². The average molecular weight is 311 g/mol. The molecule has 0 heterocycles. The van der Waals surface area contributed by atoms with Gasteiger partial charge in [-0.15, -0.1) is 0 Å². The van der Waals surface area contributed by atoms with E-state index in [1.54, 1.807) is 0 Å². The van der Waals surface area contributed by atoms with Crippen LogP contribution in [0, 0.1) is 11.7 Å². The molecule has 3 heteroatoms. The zero-order chi connectivity index (χ0) is 16.1. The molecule has 0 unspecified atom stereocenters. The van der Waals surface area contributed by atoms with E-state index in [0.29, 0.717) is 23.9 Å². The molecule has 0 atom stereocenters. The number of hydrogen-bond acceptors (Lipinski definition) is 1. The van der Waals surface area contributed by atoms with E-state index in [1.165, 1.54) is 42.7 Å². The van der Waals surface area contributed by atoms with Crippen LogP contribution in [-0.2, 0) is 0 Å². The third kappa shape index (κ3) is 4.19. The lowest BCUT2D eigenvalue weighted by atomic mass is 9.78. The van der Waals surface area contributed by atoms with Crippen LogP contribution in [0.1, 0.15) is 47.5 Å². The van der Waals surface area contributed by atoms with Gasteiger partial charge >= 0.3 is 0 Å². The summed E-state index contributed by atoms with van der Waals surface area (Å²) in [5.74, 6) is 0.760. The topological polar surface area (TPSA) is 29.1 Å². The SMILES string of the molecule is O=C(NCC1CCC(c2ccccc2)CC1)c1ccc(F)cc1. The molecule has 0 spiro atoms. The fourth-order valence-electron chi connectivity index (χ4n) is 3.37. The summed E-state index contributed by atoms with van der Waals surface area (Å²) in [6.07, 6.45) is 4.65. The Kier molecular flexibility index (Phi) is 5.06. The molecule has 1 saturated carbocycles. The number of nitrogens with one attached hydrogen (secondary N) is 1. The lowest BCUT2D eigenvalue weighted by Crippen LogP contribution is -2.31. The number of rotatable bonds is 4. The molecule has 0 bridgehead atoms. The van der Waals surface area contributed by atoms with Gasteiger partial charge in [-0.05, 0) is 67.3 Å². The van der Waals surface area contributed by atoms with Gasteiger partial charge in [0.25, 0.3) is 5.91 Å². The highest BCUT2D eigenvalue weighted by atomic mass is 19.1. The third-order valence-corrected chi connectivity index (χ3v) is 4.78. The first kappa shape index (κ1) is 15.7. The van der Waals surface area contributed by atoms with Gasteiger partial charge in [-0.2, -0.15) is 0 Å². The molecular weight excluding hydrogens is 289 g/mol. The summed E-state index contributed by atoms with van der Waals surface area (Å²) in [6.45, 7) is 0.706. The van der Waals surface area contributed by atoms with Crippen LogP contribution in [0.5, 0.6) is 0 Å². The van der Waals surface area contributed by atoms with Crippen LogP contribution in [-0.4, -0.2) is 12.5 Å². The Morgan fingerprint density at radius 3 is 2.26 bits per heavy atom. The monoisotopic (exact) mass is 311 g/mol. The molecule has 2 aromatic rings. The Bertz CT molecular complexity index is 630. The summed E-state index contributed by atoms with van der Waals surface area (Å²) in [7, 11) is 0. The maximum Gasteiger partial charge on any atom is 0.251 e. The summed E-state index contributed by atoms with van der Waals surface area (Å²) in [5.41, 5.74) is 1.95. The van der Waals surface area contributed by atoms with Crippen molar-refractivity contribution in [2.24, 2.45) is 5.92 Å². The lowest BCUT2D eigenvalue weighted by molar-refractivity contribution is 0.0943. The molecule has 0 saturated heterocycles. The van der Waals surface area contributed by atoms with Crippen LogP contribution < -0.4 is 5.32 Å². The number of benzene rings is 2. The van der Waals surface area contributed by atoms with Crippen LogP contribution in [0.2, 0.25) is 0 Å². The van der Waals surface area contributed by atoms with Gasteiger partial charge in [0.1, 0.15) is 5.82 Å². The summed E-state index contributed by atoms with van der Waals surface area (Å²) in [5, 5.41) is 2.98. The lowest BCUT2D eigenvalue weighted by Gasteiger charge is -2.29. The fourth-order valence-corrected chi connectivity index (χ4v) is 3.37. The zero-order valence-corrected chi connectivity index (χ0v) is 13.2. The first-order valence-electron chi connectivity index (χ1n) is 8.31. The largest absolute Gasteiger partial charge is 0.352 e. The number of hydrogen-bond donors (Lipinski definition) is 1. The quantitative estimate of drug-likeness (QED) is 0.883. The van der Waals surface area contributed by atoms with E-state index in [1.807, 2.05) is 0 Å². The van der Waals surface area contributed by atoms with Gasteiger partial charge in [0.2, 0.25) is 0 Å². The van der Waals surface area contributed by atoms with E-state index in [4.69, 9.17) is 0 Å². The van der Waals surface area contributed by atoms with Crippen LogP contribution >= 0.6 is 0 Å². The predicted octanol–water partition coefficient (Wildman–Crippen LogP) is 4.53. The summed E-state index contributed by atoms with van der Waals surface area (Å²) in [6, 6.07) is 16.4. The average Bonchev–Trinajstić information content (AvgIpc) is 2.61. The maximum absolute atomic E-state index is 12.9. The van der Waals surface area contributed by atoms with E-state index >= 15 is 0 Å². The maximum atomic E-state index is 12.9. The van der Waals surface area contributed by atoms with Crippen molar-refractivity contribution in [1.82, 2.24) is 5.32 Å². The normalized spacial score (nSPS) is 20.9. The second-order valence-corrected chi connectivity index (χ2v) is 6.35. The zero-order valence-electron chi connectivity index (χ0n) is 13.2. The number of carbonyl (C=O) groups excluding carboxylic acids is 1. The molecule has 0 aromatic heterocycles. The fraction of sp³-hybridized carbons (Fsp3) is 0.350. The summed E-state index contributed by atoms with van der Waals surface area (Å²) in [4.78, 5) is 12.1. The molecule has 120 valence electrons. The minimum Gasteiger partial charge on any atom is -0.352 e. The van der Waals surface area contributed by atoms with Crippen molar-refractivity contribution in [2.45, 2.75) is 31.6 Å². The van der Waals surface area contributed by atoms with E-state index in [2.05, 4.69) is 35.6 Å². The van der Waals surface area contributed by atoms with Crippen LogP contribution in [0.15, 0.2) is 54.6 Å². The van der Waals surface area contributed by atoms with E-state index in [-0.39, 0.29) is 11.7 Å². The highest BCUT2D eigenvalue weighted by Gasteiger charge is 2.22. The Morgan fingerprint density at radius 1 is 0.957 bits per heavy atom. The van der Waals surface area contributed by atoms with Gasteiger partial charge in [-0.25, -0.2) is 4.39 Å². The number of carbonyl (C=O) groups is 1. The third-order valence-electron chi connectivity index (χ3n) is 4.78. The molecule has 23 heavy (non-hydrogen) atoms. The minimum atomic E-state index is -0.319. The van der Waals surface area contributed by atoms with Gasteiger partial charge in [-0.3, -0.25) is 4.79 Å². The first-order valence-corrected chi connectivity index (χ1v) is 8.31. The summed E-state index contributed by atoms with van der Waals surface area (Å²) < 4.78 is 12.9. The molecule has 1 fully saturated rings. The van der Waals surface area contributed by atoms with Gasteiger partial charge < -0.3 is 5.32 Å². The molecule has 2 nitrogen and oxygen atoms in total. The Balaban J connectivity index is 1.46. The Morgan fingerprint density at radius 2 is 1.61 bits per heavy atom. The van der Waals surface area contributed by atoms with E-state index in [9.17, 15) is 9.18 Å². The second kappa shape index (κ2) is 7.40. The van der Waals surface area contributed by atoms with Crippen LogP contribution in [0.25, 0.3) is 0 Å². The summed E-state index contributed by atoms with van der Waals surface area (Å²) >= 11 is 0. The predicted molar refractivity (Wildman–Crippen MR) is 89.9 cm³/mol. The number of halogens is 1. The van der Waals surface area contributed by atoms with Gasteiger partial charge in [-0.1, -0.05) is 30.3 Å².